The molecule has 1 aliphatic carbocycles. The van der Waals surface area contributed by atoms with Crippen LogP contribution in [0.2, 0.25) is 0 Å². The second-order valence-electron chi connectivity index (χ2n) is 5.25. The number of hydrogen-bond acceptors (Lipinski definition) is 2. The maximum Gasteiger partial charge on any atom is 0.356 e. The number of halogens is 1. The van der Waals surface area contributed by atoms with E-state index in [-0.39, 0.29) is 11.6 Å². The summed E-state index contributed by atoms with van der Waals surface area (Å²) in [6.07, 6.45) is 5.87. The molecule has 0 aromatic carbocycles. The van der Waals surface area contributed by atoms with Crippen molar-refractivity contribution in [2.24, 2.45) is 0 Å². The largest absolute Gasteiger partial charge is 0.476 e. The zero-order chi connectivity index (χ0) is 13.3. The standard InChI is InChI=1S/C13H19BrN2O2/c1-8(2)10-11(13(17)18)15-16(12(10)14)9-6-4-3-5-7-9/h8-9H,3-7H2,1-2H3,(H,17,18). The van der Waals surface area contributed by atoms with Crippen LogP contribution in [0.25, 0.3) is 0 Å². The normalized spacial score (nSPS) is 17.3. The highest BCUT2D eigenvalue weighted by Gasteiger charge is 2.27. The Hall–Kier alpha value is -0.840. The van der Waals surface area contributed by atoms with E-state index >= 15 is 0 Å². The van der Waals surface area contributed by atoms with Crippen molar-refractivity contribution < 1.29 is 9.90 Å². The summed E-state index contributed by atoms with van der Waals surface area (Å²) in [6.45, 7) is 4.00. The molecule has 0 radical (unpaired) electrons. The summed E-state index contributed by atoms with van der Waals surface area (Å²) in [4.78, 5) is 11.3. The van der Waals surface area contributed by atoms with Crippen LogP contribution in [0.4, 0.5) is 0 Å². The SMILES string of the molecule is CC(C)c1c(C(=O)O)nn(C2CCCCC2)c1Br. The Balaban J connectivity index is 2.42. The minimum Gasteiger partial charge on any atom is -0.476 e. The molecule has 1 aromatic rings. The van der Waals surface area contributed by atoms with Gasteiger partial charge in [-0.15, -0.1) is 0 Å². The van der Waals surface area contributed by atoms with Gasteiger partial charge in [0.15, 0.2) is 5.69 Å². The third-order valence-corrected chi connectivity index (χ3v) is 4.38. The van der Waals surface area contributed by atoms with Crippen molar-refractivity contribution in [2.75, 3.05) is 0 Å². The first-order valence-corrected chi connectivity index (χ1v) is 7.32. The molecule has 0 atom stereocenters. The van der Waals surface area contributed by atoms with Crippen LogP contribution in [-0.4, -0.2) is 20.9 Å². The van der Waals surface area contributed by atoms with Crippen LogP contribution in [0.1, 0.15) is 74.0 Å². The van der Waals surface area contributed by atoms with E-state index in [4.69, 9.17) is 0 Å². The van der Waals surface area contributed by atoms with E-state index in [0.29, 0.717) is 6.04 Å². The first-order valence-electron chi connectivity index (χ1n) is 6.53. The number of aromatic nitrogens is 2. The van der Waals surface area contributed by atoms with Crippen molar-refractivity contribution in [3.63, 3.8) is 0 Å². The van der Waals surface area contributed by atoms with Gasteiger partial charge in [0, 0.05) is 5.56 Å². The maximum atomic E-state index is 11.3. The predicted molar refractivity (Wildman–Crippen MR) is 73.1 cm³/mol. The Kier molecular flexibility index (Phi) is 4.10. The van der Waals surface area contributed by atoms with Gasteiger partial charge in [0.1, 0.15) is 4.60 Å². The summed E-state index contributed by atoms with van der Waals surface area (Å²) >= 11 is 3.54. The quantitative estimate of drug-likeness (QED) is 0.918. The molecule has 0 bridgehead atoms. The number of carbonyl (C=O) groups is 1. The Bertz CT molecular complexity index is 448. The summed E-state index contributed by atoms with van der Waals surface area (Å²) in [7, 11) is 0. The number of rotatable bonds is 3. The molecule has 1 saturated carbocycles. The second kappa shape index (κ2) is 5.43. The van der Waals surface area contributed by atoms with Crippen LogP contribution in [0.3, 0.4) is 0 Å². The number of aromatic carboxylic acids is 1. The lowest BCUT2D eigenvalue weighted by atomic mass is 9.95. The number of hydrogen-bond donors (Lipinski definition) is 1. The fraction of sp³-hybridized carbons (Fsp3) is 0.692. The summed E-state index contributed by atoms with van der Waals surface area (Å²) in [5, 5.41) is 13.6. The lowest BCUT2D eigenvalue weighted by Crippen LogP contribution is -2.15. The molecule has 0 amide bonds. The van der Waals surface area contributed by atoms with Crippen LogP contribution in [0.15, 0.2) is 4.60 Å². The van der Waals surface area contributed by atoms with Crippen molar-refractivity contribution in [2.45, 2.75) is 57.9 Å². The maximum absolute atomic E-state index is 11.3. The molecule has 0 aliphatic heterocycles. The first-order chi connectivity index (χ1) is 8.52. The van der Waals surface area contributed by atoms with Crippen molar-refractivity contribution in [3.8, 4) is 0 Å². The van der Waals surface area contributed by atoms with E-state index < -0.39 is 5.97 Å². The molecule has 1 heterocycles. The third kappa shape index (κ3) is 2.46. The minimum atomic E-state index is -0.936. The molecule has 0 saturated heterocycles. The molecule has 100 valence electrons. The molecule has 4 nitrogen and oxygen atoms in total. The molecular formula is C13H19BrN2O2. The van der Waals surface area contributed by atoms with Gasteiger partial charge in [-0.1, -0.05) is 33.1 Å². The van der Waals surface area contributed by atoms with Gasteiger partial charge in [0.05, 0.1) is 6.04 Å². The fourth-order valence-corrected chi connectivity index (χ4v) is 3.68. The second-order valence-corrected chi connectivity index (χ2v) is 6.00. The van der Waals surface area contributed by atoms with E-state index in [0.717, 1.165) is 23.0 Å². The summed E-state index contributed by atoms with van der Waals surface area (Å²) in [5.41, 5.74) is 1.01. The molecule has 1 N–H and O–H groups in total. The molecular weight excluding hydrogens is 296 g/mol. The molecule has 18 heavy (non-hydrogen) atoms. The van der Waals surface area contributed by atoms with Gasteiger partial charge in [-0.05, 0) is 34.7 Å². The van der Waals surface area contributed by atoms with Crippen LogP contribution in [-0.2, 0) is 0 Å². The number of nitrogens with zero attached hydrogens (tertiary/aromatic N) is 2. The Morgan fingerprint density at radius 2 is 2.00 bits per heavy atom. The van der Waals surface area contributed by atoms with E-state index in [2.05, 4.69) is 21.0 Å². The van der Waals surface area contributed by atoms with Gasteiger partial charge in [0.25, 0.3) is 0 Å². The van der Waals surface area contributed by atoms with Gasteiger partial charge >= 0.3 is 5.97 Å². The number of carboxylic acid groups (broad SMARTS) is 1. The topological polar surface area (TPSA) is 55.1 Å². The van der Waals surface area contributed by atoms with Crippen molar-refractivity contribution in [1.82, 2.24) is 9.78 Å². The van der Waals surface area contributed by atoms with Gasteiger partial charge in [-0.25, -0.2) is 4.79 Å². The average Bonchev–Trinajstić information content (AvgIpc) is 2.68. The fourth-order valence-electron chi connectivity index (χ4n) is 2.66. The van der Waals surface area contributed by atoms with E-state index in [1.807, 2.05) is 18.5 Å². The van der Waals surface area contributed by atoms with Crippen molar-refractivity contribution in [1.29, 1.82) is 0 Å². The smallest absolute Gasteiger partial charge is 0.356 e. The van der Waals surface area contributed by atoms with E-state index in [9.17, 15) is 9.90 Å². The molecule has 1 aliphatic rings. The van der Waals surface area contributed by atoms with E-state index in [1.54, 1.807) is 0 Å². The van der Waals surface area contributed by atoms with Gasteiger partial charge < -0.3 is 5.11 Å². The van der Waals surface area contributed by atoms with E-state index in [1.165, 1.54) is 19.3 Å². The Labute approximate surface area is 116 Å². The highest BCUT2D eigenvalue weighted by molar-refractivity contribution is 9.10. The van der Waals surface area contributed by atoms with Crippen LogP contribution in [0.5, 0.6) is 0 Å². The van der Waals surface area contributed by atoms with Gasteiger partial charge in [0.2, 0.25) is 0 Å². The third-order valence-electron chi connectivity index (χ3n) is 3.59. The zero-order valence-electron chi connectivity index (χ0n) is 10.8. The lowest BCUT2D eigenvalue weighted by Gasteiger charge is -2.23. The number of carboxylic acids is 1. The van der Waals surface area contributed by atoms with Crippen LogP contribution >= 0.6 is 15.9 Å². The zero-order valence-corrected chi connectivity index (χ0v) is 12.4. The monoisotopic (exact) mass is 314 g/mol. The molecule has 1 fully saturated rings. The summed E-state index contributed by atoms with van der Waals surface area (Å²) in [6, 6.07) is 0.346. The summed E-state index contributed by atoms with van der Waals surface area (Å²) in [5.74, 6) is -0.781. The van der Waals surface area contributed by atoms with Crippen molar-refractivity contribution >= 4 is 21.9 Å². The Morgan fingerprint density at radius 3 is 2.44 bits per heavy atom. The van der Waals surface area contributed by atoms with Gasteiger partial charge in [-0.3, -0.25) is 4.68 Å². The average molecular weight is 315 g/mol. The minimum absolute atomic E-state index is 0.155. The molecule has 1 aromatic heterocycles. The molecule has 0 spiro atoms. The highest BCUT2D eigenvalue weighted by Crippen LogP contribution is 2.35. The molecule has 0 unspecified atom stereocenters. The first kappa shape index (κ1) is 13.6. The van der Waals surface area contributed by atoms with Gasteiger partial charge in [-0.2, -0.15) is 5.10 Å². The van der Waals surface area contributed by atoms with Crippen molar-refractivity contribution in [3.05, 3.63) is 15.9 Å². The summed E-state index contributed by atoms with van der Waals surface area (Å²) < 4.78 is 2.74. The Morgan fingerprint density at radius 1 is 1.39 bits per heavy atom. The highest BCUT2D eigenvalue weighted by atomic mass is 79.9. The predicted octanol–water partition coefficient (Wildman–Crippen LogP) is 3.97. The molecule has 5 heteroatoms. The molecule has 2 rings (SSSR count). The van der Waals surface area contributed by atoms with Crippen LogP contribution in [0, 0.1) is 0 Å². The lowest BCUT2D eigenvalue weighted by molar-refractivity contribution is 0.0687. The van der Waals surface area contributed by atoms with Crippen LogP contribution < -0.4 is 0 Å².